The summed E-state index contributed by atoms with van der Waals surface area (Å²) in [6, 6.07) is 4.90. The van der Waals surface area contributed by atoms with Crippen molar-refractivity contribution in [2.45, 2.75) is 20.4 Å². The summed E-state index contributed by atoms with van der Waals surface area (Å²) in [6.07, 6.45) is 1.75. The van der Waals surface area contributed by atoms with Gasteiger partial charge in [0.15, 0.2) is 17.5 Å². The molecule has 2 N–H and O–H groups in total. The van der Waals surface area contributed by atoms with Gasteiger partial charge >= 0.3 is 0 Å². The van der Waals surface area contributed by atoms with Gasteiger partial charge in [-0.3, -0.25) is 0 Å². The van der Waals surface area contributed by atoms with Crippen molar-refractivity contribution >= 4 is 29.9 Å². The number of aliphatic imine (C=N–C) groups is 1. The molecular formula is C15H23FIN3O. The molecule has 118 valence electrons. The van der Waals surface area contributed by atoms with Crippen molar-refractivity contribution in [1.29, 1.82) is 0 Å². The van der Waals surface area contributed by atoms with Crippen LogP contribution >= 0.6 is 24.0 Å². The first-order chi connectivity index (χ1) is 9.71. The number of halogens is 2. The van der Waals surface area contributed by atoms with Crippen LogP contribution in [-0.4, -0.2) is 25.7 Å². The fourth-order valence-electron chi connectivity index (χ4n) is 1.60. The number of guanidine groups is 1. The van der Waals surface area contributed by atoms with Crippen LogP contribution in [0.1, 0.15) is 19.4 Å². The smallest absolute Gasteiger partial charge is 0.191 e. The highest BCUT2D eigenvalue weighted by Crippen LogP contribution is 2.18. The van der Waals surface area contributed by atoms with Crippen molar-refractivity contribution in [1.82, 2.24) is 10.6 Å². The summed E-state index contributed by atoms with van der Waals surface area (Å²) < 4.78 is 18.9. The van der Waals surface area contributed by atoms with Crippen LogP contribution in [0.15, 0.2) is 35.8 Å². The normalized spacial score (nSPS) is 10.5. The fraction of sp³-hybridized carbons (Fsp3) is 0.400. The van der Waals surface area contributed by atoms with Crippen LogP contribution in [0, 0.1) is 5.82 Å². The van der Waals surface area contributed by atoms with Gasteiger partial charge in [0, 0.05) is 13.1 Å². The Hall–Kier alpha value is -1.31. The highest BCUT2D eigenvalue weighted by atomic mass is 127. The number of nitrogens with zero attached hydrogens (tertiary/aromatic N) is 1. The Labute approximate surface area is 142 Å². The summed E-state index contributed by atoms with van der Waals surface area (Å²) in [7, 11) is 0. The summed E-state index contributed by atoms with van der Waals surface area (Å²) in [6.45, 7) is 9.69. The topological polar surface area (TPSA) is 45.7 Å². The maximum absolute atomic E-state index is 13.7. The van der Waals surface area contributed by atoms with Crippen LogP contribution < -0.4 is 15.4 Å². The van der Waals surface area contributed by atoms with Gasteiger partial charge in [0.2, 0.25) is 0 Å². The molecule has 0 heterocycles. The average Bonchev–Trinajstić information content (AvgIpc) is 2.45. The van der Waals surface area contributed by atoms with Gasteiger partial charge in [-0.2, -0.15) is 0 Å². The molecule has 4 nitrogen and oxygen atoms in total. The van der Waals surface area contributed by atoms with Crippen molar-refractivity contribution in [3.05, 3.63) is 42.2 Å². The van der Waals surface area contributed by atoms with Crippen LogP contribution in [0.2, 0.25) is 0 Å². The highest BCUT2D eigenvalue weighted by molar-refractivity contribution is 14.0. The minimum absolute atomic E-state index is 0. The Morgan fingerprint density at radius 3 is 2.71 bits per heavy atom. The number of hydrogen-bond donors (Lipinski definition) is 2. The third kappa shape index (κ3) is 7.31. The van der Waals surface area contributed by atoms with E-state index < -0.39 is 0 Å². The molecule has 0 atom stereocenters. The second kappa shape index (κ2) is 11.4. The quantitative estimate of drug-likeness (QED) is 0.316. The molecule has 0 unspecified atom stereocenters. The van der Waals surface area contributed by atoms with Crippen LogP contribution in [-0.2, 0) is 6.54 Å². The summed E-state index contributed by atoms with van der Waals surface area (Å²) in [5, 5.41) is 6.20. The summed E-state index contributed by atoms with van der Waals surface area (Å²) >= 11 is 0. The summed E-state index contributed by atoms with van der Waals surface area (Å²) in [5.41, 5.74) is 0.793. The molecule has 21 heavy (non-hydrogen) atoms. The van der Waals surface area contributed by atoms with Crippen LogP contribution in [0.25, 0.3) is 0 Å². The lowest BCUT2D eigenvalue weighted by atomic mass is 10.2. The molecule has 0 bridgehead atoms. The Morgan fingerprint density at radius 2 is 2.14 bits per heavy atom. The standard InChI is InChI=1S/C15H22FN3O.HI/c1-4-9-18-15(17-5-2)19-11-12-7-8-14(20-6-3)13(16)10-12;/h4,7-8,10H,1,5-6,9,11H2,2-3H3,(H2,17,18,19);1H. The van der Waals surface area contributed by atoms with Gasteiger partial charge in [0.1, 0.15) is 0 Å². The van der Waals surface area contributed by atoms with Gasteiger partial charge in [-0.05, 0) is 31.5 Å². The SMILES string of the molecule is C=CCNC(=NCc1ccc(OCC)c(F)c1)NCC.I. The second-order valence-electron chi connectivity index (χ2n) is 4.06. The maximum atomic E-state index is 13.7. The molecular weight excluding hydrogens is 384 g/mol. The lowest BCUT2D eigenvalue weighted by Gasteiger charge is -2.10. The molecule has 0 radical (unpaired) electrons. The molecule has 0 aromatic heterocycles. The van der Waals surface area contributed by atoms with Gasteiger partial charge in [-0.25, -0.2) is 9.38 Å². The molecule has 0 aliphatic carbocycles. The van der Waals surface area contributed by atoms with Gasteiger partial charge in [0.05, 0.1) is 13.2 Å². The first-order valence-electron chi connectivity index (χ1n) is 6.75. The first kappa shape index (κ1) is 19.7. The molecule has 0 spiro atoms. The third-order valence-corrected chi connectivity index (χ3v) is 2.47. The molecule has 1 aromatic rings. The maximum Gasteiger partial charge on any atom is 0.191 e. The molecule has 0 amide bonds. The fourth-order valence-corrected chi connectivity index (χ4v) is 1.60. The van der Waals surface area contributed by atoms with E-state index in [1.54, 1.807) is 12.1 Å². The van der Waals surface area contributed by atoms with E-state index in [1.165, 1.54) is 6.07 Å². The monoisotopic (exact) mass is 407 g/mol. The Balaban J connectivity index is 0.00000400. The highest BCUT2D eigenvalue weighted by Gasteiger charge is 2.04. The van der Waals surface area contributed by atoms with Gasteiger partial charge in [0.25, 0.3) is 0 Å². The zero-order valence-electron chi connectivity index (χ0n) is 12.5. The van der Waals surface area contributed by atoms with Crippen LogP contribution in [0.5, 0.6) is 5.75 Å². The van der Waals surface area contributed by atoms with Crippen molar-refractivity contribution in [3.63, 3.8) is 0 Å². The predicted molar refractivity (Wildman–Crippen MR) is 96.0 cm³/mol. The first-order valence-corrected chi connectivity index (χ1v) is 6.75. The van der Waals surface area contributed by atoms with E-state index in [0.29, 0.717) is 25.7 Å². The van der Waals surface area contributed by atoms with E-state index in [1.807, 2.05) is 19.9 Å². The molecule has 6 heteroatoms. The van der Waals surface area contributed by atoms with Crippen LogP contribution in [0.4, 0.5) is 4.39 Å². The van der Waals surface area contributed by atoms with Crippen molar-refractivity contribution in [2.24, 2.45) is 4.99 Å². The zero-order chi connectivity index (χ0) is 14.8. The minimum atomic E-state index is -0.358. The lowest BCUT2D eigenvalue weighted by molar-refractivity contribution is 0.321. The lowest BCUT2D eigenvalue weighted by Crippen LogP contribution is -2.37. The average molecular weight is 407 g/mol. The molecule has 0 saturated heterocycles. The number of hydrogen-bond acceptors (Lipinski definition) is 2. The molecule has 1 rings (SSSR count). The van der Waals surface area contributed by atoms with Gasteiger partial charge < -0.3 is 15.4 Å². The Kier molecular flexibility index (Phi) is 10.7. The van der Waals surface area contributed by atoms with E-state index in [0.717, 1.165) is 12.1 Å². The number of benzene rings is 1. The van der Waals surface area contributed by atoms with Gasteiger partial charge in [-0.1, -0.05) is 12.1 Å². The zero-order valence-corrected chi connectivity index (χ0v) is 14.8. The minimum Gasteiger partial charge on any atom is -0.491 e. The third-order valence-electron chi connectivity index (χ3n) is 2.47. The predicted octanol–water partition coefficient (Wildman–Crippen LogP) is 3.08. The van der Waals surface area contributed by atoms with Gasteiger partial charge in [-0.15, -0.1) is 30.6 Å². The molecule has 1 aromatic carbocycles. The largest absolute Gasteiger partial charge is 0.491 e. The van der Waals surface area contributed by atoms with E-state index in [4.69, 9.17) is 4.74 Å². The van der Waals surface area contributed by atoms with E-state index in [-0.39, 0.29) is 35.5 Å². The molecule has 0 saturated carbocycles. The van der Waals surface area contributed by atoms with Crippen molar-refractivity contribution < 1.29 is 9.13 Å². The van der Waals surface area contributed by atoms with Crippen molar-refractivity contribution in [3.8, 4) is 5.75 Å². The van der Waals surface area contributed by atoms with E-state index >= 15 is 0 Å². The van der Waals surface area contributed by atoms with E-state index in [2.05, 4.69) is 22.2 Å². The molecule has 0 aliphatic heterocycles. The van der Waals surface area contributed by atoms with Crippen LogP contribution in [0.3, 0.4) is 0 Å². The summed E-state index contributed by atoms with van der Waals surface area (Å²) in [4.78, 5) is 4.38. The Bertz CT molecular complexity index is 466. The molecule has 0 aliphatic rings. The Morgan fingerprint density at radius 1 is 1.38 bits per heavy atom. The van der Waals surface area contributed by atoms with Crippen molar-refractivity contribution in [2.75, 3.05) is 19.7 Å². The second-order valence-corrected chi connectivity index (χ2v) is 4.06. The number of ether oxygens (including phenoxy) is 1. The number of rotatable bonds is 7. The molecule has 0 fully saturated rings. The summed E-state index contributed by atoms with van der Waals surface area (Å²) in [5.74, 6) is 0.599. The van der Waals surface area contributed by atoms with E-state index in [9.17, 15) is 4.39 Å². The number of nitrogens with one attached hydrogen (secondary N) is 2.